The molecule has 2 rings (SSSR count). The van der Waals surface area contributed by atoms with E-state index < -0.39 is 11.7 Å². The molecule has 0 aromatic heterocycles. The van der Waals surface area contributed by atoms with Crippen LogP contribution in [0.1, 0.15) is 5.56 Å². The first kappa shape index (κ1) is 15.0. The molecule has 0 atom stereocenters. The molecule has 0 aliphatic rings. The highest BCUT2D eigenvalue weighted by molar-refractivity contribution is 5.85. The Hall–Kier alpha value is -2.37. The Bertz CT molecular complexity index is 632. The number of benzene rings is 2. The molecule has 0 saturated carbocycles. The van der Waals surface area contributed by atoms with Crippen LogP contribution in [0.4, 0.5) is 18.9 Å². The van der Waals surface area contributed by atoms with Gasteiger partial charge in [-0.1, -0.05) is 12.1 Å². The van der Waals surface area contributed by atoms with Crippen molar-refractivity contribution < 1.29 is 22.6 Å². The lowest BCUT2D eigenvalue weighted by Gasteiger charge is -2.16. The number of nitrogen functional groups attached to an aromatic ring is 1. The number of nitrogens with two attached hydrogens (primary N) is 1. The fraction of sp³-hybridized carbons (Fsp3) is 0.200. The summed E-state index contributed by atoms with van der Waals surface area (Å²) in [4.78, 5) is 0. The Kier molecular flexibility index (Phi) is 3.97. The molecule has 6 heteroatoms. The zero-order chi connectivity index (χ0) is 15.6. The van der Waals surface area contributed by atoms with Gasteiger partial charge in [-0.3, -0.25) is 0 Å². The van der Waals surface area contributed by atoms with Gasteiger partial charge < -0.3 is 15.2 Å². The van der Waals surface area contributed by atoms with Gasteiger partial charge >= 0.3 is 6.18 Å². The largest absolute Gasteiger partial charge is 0.496 e. The topological polar surface area (TPSA) is 44.5 Å². The molecule has 0 aliphatic heterocycles. The van der Waals surface area contributed by atoms with Gasteiger partial charge in [0.2, 0.25) is 0 Å². The molecule has 0 bridgehead atoms. The Morgan fingerprint density at radius 1 is 0.952 bits per heavy atom. The van der Waals surface area contributed by atoms with Gasteiger partial charge in [-0.15, -0.1) is 0 Å². The zero-order valence-corrected chi connectivity index (χ0v) is 11.5. The van der Waals surface area contributed by atoms with Crippen LogP contribution < -0.4 is 15.2 Å². The molecule has 0 fully saturated rings. The number of alkyl halides is 3. The summed E-state index contributed by atoms with van der Waals surface area (Å²) in [7, 11) is 2.94. The van der Waals surface area contributed by atoms with Crippen LogP contribution in [-0.2, 0) is 6.18 Å². The molecule has 2 N–H and O–H groups in total. The van der Waals surface area contributed by atoms with E-state index in [0.717, 1.165) is 12.1 Å². The molecule has 2 aromatic rings. The average molecular weight is 297 g/mol. The van der Waals surface area contributed by atoms with E-state index in [1.54, 1.807) is 18.2 Å². The number of hydrogen-bond donors (Lipinski definition) is 1. The lowest BCUT2D eigenvalue weighted by atomic mass is 9.99. The predicted molar refractivity (Wildman–Crippen MR) is 74.4 cm³/mol. The van der Waals surface area contributed by atoms with Gasteiger partial charge in [-0.05, 0) is 24.3 Å². The monoisotopic (exact) mass is 297 g/mol. The van der Waals surface area contributed by atoms with Crippen LogP contribution in [0.5, 0.6) is 11.5 Å². The summed E-state index contributed by atoms with van der Waals surface area (Å²) in [6.45, 7) is 0. The van der Waals surface area contributed by atoms with Crippen molar-refractivity contribution in [2.24, 2.45) is 0 Å². The highest BCUT2D eigenvalue weighted by Crippen LogP contribution is 2.42. The minimum absolute atomic E-state index is 0.00706. The number of rotatable bonds is 3. The van der Waals surface area contributed by atoms with E-state index in [9.17, 15) is 13.2 Å². The lowest BCUT2D eigenvalue weighted by Crippen LogP contribution is -2.06. The van der Waals surface area contributed by atoms with Crippen molar-refractivity contribution >= 4 is 5.69 Å². The molecule has 0 heterocycles. The summed E-state index contributed by atoms with van der Waals surface area (Å²) in [6, 6.07) is 8.31. The normalized spacial score (nSPS) is 11.3. The van der Waals surface area contributed by atoms with Gasteiger partial charge in [0.15, 0.2) is 0 Å². The Balaban J connectivity index is 2.63. The van der Waals surface area contributed by atoms with Crippen LogP contribution in [-0.4, -0.2) is 14.2 Å². The molecular weight excluding hydrogens is 283 g/mol. The highest BCUT2D eigenvalue weighted by atomic mass is 19.4. The third-order valence-electron chi connectivity index (χ3n) is 3.08. The fourth-order valence-electron chi connectivity index (χ4n) is 2.08. The van der Waals surface area contributed by atoms with Gasteiger partial charge in [0.25, 0.3) is 0 Å². The maximum atomic E-state index is 12.7. The molecule has 21 heavy (non-hydrogen) atoms. The molecule has 0 radical (unpaired) electrons. The Morgan fingerprint density at radius 2 is 1.52 bits per heavy atom. The Labute approximate surface area is 120 Å². The highest BCUT2D eigenvalue weighted by Gasteiger charge is 2.31. The first-order valence-electron chi connectivity index (χ1n) is 6.06. The van der Waals surface area contributed by atoms with E-state index in [-0.39, 0.29) is 5.69 Å². The van der Waals surface area contributed by atoms with Gasteiger partial charge in [0.05, 0.1) is 25.3 Å². The first-order chi connectivity index (χ1) is 9.88. The Morgan fingerprint density at radius 3 is 1.95 bits per heavy atom. The number of hydrogen-bond acceptors (Lipinski definition) is 3. The van der Waals surface area contributed by atoms with E-state index >= 15 is 0 Å². The van der Waals surface area contributed by atoms with Gasteiger partial charge in [0, 0.05) is 11.3 Å². The number of methoxy groups -OCH3 is 2. The number of anilines is 1. The van der Waals surface area contributed by atoms with Gasteiger partial charge in [-0.25, -0.2) is 0 Å². The summed E-state index contributed by atoms with van der Waals surface area (Å²) in [5, 5.41) is 0. The van der Waals surface area contributed by atoms with Crippen molar-refractivity contribution in [2.75, 3.05) is 20.0 Å². The van der Waals surface area contributed by atoms with Crippen molar-refractivity contribution in [1.29, 1.82) is 0 Å². The summed E-state index contributed by atoms with van der Waals surface area (Å²) < 4.78 is 48.5. The maximum absolute atomic E-state index is 12.7. The van der Waals surface area contributed by atoms with E-state index in [2.05, 4.69) is 0 Å². The van der Waals surface area contributed by atoms with E-state index in [4.69, 9.17) is 15.2 Å². The lowest BCUT2D eigenvalue weighted by molar-refractivity contribution is -0.137. The molecule has 3 nitrogen and oxygen atoms in total. The molecule has 0 amide bonds. The second kappa shape index (κ2) is 5.55. The van der Waals surface area contributed by atoms with Crippen LogP contribution in [0.3, 0.4) is 0 Å². The van der Waals surface area contributed by atoms with Gasteiger partial charge in [0.1, 0.15) is 11.5 Å². The zero-order valence-electron chi connectivity index (χ0n) is 11.5. The minimum Gasteiger partial charge on any atom is -0.496 e. The average Bonchev–Trinajstić information content (AvgIpc) is 2.45. The molecule has 0 unspecified atom stereocenters. The fourth-order valence-corrected chi connectivity index (χ4v) is 2.08. The summed E-state index contributed by atoms with van der Waals surface area (Å²) >= 11 is 0. The van der Waals surface area contributed by atoms with Crippen molar-refractivity contribution in [1.82, 2.24) is 0 Å². The van der Waals surface area contributed by atoms with Crippen molar-refractivity contribution in [2.45, 2.75) is 6.18 Å². The van der Waals surface area contributed by atoms with Crippen LogP contribution in [0.2, 0.25) is 0 Å². The quantitative estimate of drug-likeness (QED) is 0.872. The van der Waals surface area contributed by atoms with Crippen LogP contribution >= 0.6 is 0 Å². The van der Waals surface area contributed by atoms with Crippen LogP contribution in [0.15, 0.2) is 36.4 Å². The smallest absolute Gasteiger partial charge is 0.416 e. The first-order valence-corrected chi connectivity index (χ1v) is 6.06. The van der Waals surface area contributed by atoms with E-state index in [1.165, 1.54) is 20.3 Å². The molecule has 2 aromatic carbocycles. The summed E-state index contributed by atoms with van der Waals surface area (Å²) in [6.07, 6.45) is -4.43. The van der Waals surface area contributed by atoms with Crippen LogP contribution in [0, 0.1) is 0 Å². The number of halogens is 3. The van der Waals surface area contributed by atoms with Crippen molar-refractivity contribution in [3.8, 4) is 22.6 Å². The van der Waals surface area contributed by atoms with Crippen LogP contribution in [0.25, 0.3) is 11.1 Å². The molecular formula is C15H14F3NO2. The third-order valence-corrected chi connectivity index (χ3v) is 3.08. The van der Waals surface area contributed by atoms with Crippen molar-refractivity contribution in [3.63, 3.8) is 0 Å². The second-order valence-corrected chi connectivity index (χ2v) is 4.34. The number of ether oxygens (including phenoxy) is 2. The van der Waals surface area contributed by atoms with Gasteiger partial charge in [-0.2, -0.15) is 13.2 Å². The molecule has 0 saturated heterocycles. The SMILES string of the molecule is COc1cccc(OC)c1-c1ccc(C(F)(F)F)cc1N. The standard InChI is InChI=1S/C15H14F3NO2/c1-20-12-4-3-5-13(21-2)14(12)10-7-6-9(8-11(10)19)15(16,17)18/h3-8H,19H2,1-2H3. The second-order valence-electron chi connectivity index (χ2n) is 4.34. The predicted octanol–water partition coefficient (Wildman–Crippen LogP) is 3.97. The maximum Gasteiger partial charge on any atom is 0.416 e. The summed E-state index contributed by atoms with van der Waals surface area (Å²) in [5.41, 5.74) is 5.95. The molecule has 112 valence electrons. The van der Waals surface area contributed by atoms with E-state index in [0.29, 0.717) is 22.6 Å². The third kappa shape index (κ3) is 2.89. The summed E-state index contributed by atoms with van der Waals surface area (Å²) in [5.74, 6) is 0.946. The molecule has 0 aliphatic carbocycles. The van der Waals surface area contributed by atoms with Crippen molar-refractivity contribution in [3.05, 3.63) is 42.0 Å². The van der Waals surface area contributed by atoms with E-state index in [1.807, 2.05) is 0 Å². The molecule has 0 spiro atoms. The minimum atomic E-state index is -4.43.